The molecule has 20 heavy (non-hydrogen) atoms. The lowest BCUT2D eigenvalue weighted by atomic mass is 10.1. The van der Waals surface area contributed by atoms with E-state index in [1.807, 2.05) is 19.1 Å². The number of hydrogen-bond acceptors (Lipinski definition) is 2. The Kier molecular flexibility index (Phi) is 8.52. The fraction of sp³-hybridized carbons (Fsp3) is 0.588. The van der Waals surface area contributed by atoms with Crippen molar-refractivity contribution in [2.75, 3.05) is 6.54 Å². The molecule has 112 valence electrons. The number of rotatable bonds is 10. The highest BCUT2D eigenvalue weighted by molar-refractivity contribution is 5.91. The predicted octanol–water partition coefficient (Wildman–Crippen LogP) is 4.47. The van der Waals surface area contributed by atoms with Gasteiger partial charge >= 0.3 is 0 Å². The van der Waals surface area contributed by atoms with Crippen molar-refractivity contribution in [1.82, 2.24) is 5.32 Å². The second-order valence-corrected chi connectivity index (χ2v) is 5.19. The molecular formula is C17H27NO2. The average Bonchev–Trinajstić information content (AvgIpc) is 2.85. The smallest absolute Gasteiger partial charge is 0.244 e. The Morgan fingerprint density at radius 1 is 1.15 bits per heavy atom. The van der Waals surface area contributed by atoms with E-state index in [0.29, 0.717) is 5.76 Å². The van der Waals surface area contributed by atoms with Crippen LogP contribution in [-0.4, -0.2) is 12.5 Å². The highest BCUT2D eigenvalue weighted by atomic mass is 16.3. The summed E-state index contributed by atoms with van der Waals surface area (Å²) in [5.74, 6) is 1.52. The normalized spacial score (nSPS) is 11.1. The zero-order valence-corrected chi connectivity index (χ0v) is 12.8. The summed E-state index contributed by atoms with van der Waals surface area (Å²) in [5.41, 5.74) is 0. The first-order chi connectivity index (χ1) is 9.72. The summed E-state index contributed by atoms with van der Waals surface area (Å²) in [5, 5.41) is 2.89. The van der Waals surface area contributed by atoms with Crippen molar-refractivity contribution in [3.8, 4) is 0 Å². The Balaban J connectivity index is 2.01. The third kappa shape index (κ3) is 7.82. The Hall–Kier alpha value is -1.51. The van der Waals surface area contributed by atoms with Gasteiger partial charge < -0.3 is 9.73 Å². The predicted molar refractivity (Wildman–Crippen MR) is 83.5 cm³/mol. The molecule has 1 heterocycles. The molecule has 1 N–H and O–H groups in total. The van der Waals surface area contributed by atoms with Crippen molar-refractivity contribution in [2.24, 2.45) is 0 Å². The molecule has 0 aromatic carbocycles. The molecule has 0 spiro atoms. The van der Waals surface area contributed by atoms with Crippen LogP contribution in [0.2, 0.25) is 0 Å². The van der Waals surface area contributed by atoms with Gasteiger partial charge in [0, 0.05) is 12.6 Å². The van der Waals surface area contributed by atoms with Gasteiger partial charge in [0.25, 0.3) is 0 Å². The largest absolute Gasteiger partial charge is 0.462 e. The lowest BCUT2D eigenvalue weighted by molar-refractivity contribution is -0.116. The average molecular weight is 277 g/mol. The number of carbonyl (C=O) groups excluding carboxylic acids is 1. The van der Waals surface area contributed by atoms with E-state index in [4.69, 9.17) is 4.42 Å². The minimum atomic E-state index is -0.0509. The van der Waals surface area contributed by atoms with E-state index in [9.17, 15) is 4.79 Å². The van der Waals surface area contributed by atoms with Gasteiger partial charge in [-0.25, -0.2) is 0 Å². The molecule has 0 radical (unpaired) electrons. The summed E-state index contributed by atoms with van der Waals surface area (Å²) >= 11 is 0. The van der Waals surface area contributed by atoms with Crippen LogP contribution < -0.4 is 5.32 Å². The van der Waals surface area contributed by atoms with Gasteiger partial charge in [-0.15, -0.1) is 0 Å². The van der Waals surface area contributed by atoms with Gasteiger partial charge in [-0.1, -0.05) is 45.4 Å². The molecule has 0 aliphatic heterocycles. The molecule has 0 aliphatic rings. The number of furan rings is 1. The highest BCUT2D eigenvalue weighted by Crippen LogP contribution is 2.08. The van der Waals surface area contributed by atoms with Gasteiger partial charge in [0.2, 0.25) is 5.91 Å². The lowest BCUT2D eigenvalue weighted by Gasteiger charge is -2.02. The Bertz CT molecular complexity index is 407. The molecule has 0 fully saturated rings. The minimum absolute atomic E-state index is 0.0509. The summed E-state index contributed by atoms with van der Waals surface area (Å²) in [6, 6.07) is 3.74. The summed E-state index contributed by atoms with van der Waals surface area (Å²) in [4.78, 5) is 11.6. The van der Waals surface area contributed by atoms with Crippen molar-refractivity contribution in [3.63, 3.8) is 0 Å². The molecule has 0 atom stereocenters. The van der Waals surface area contributed by atoms with Crippen molar-refractivity contribution < 1.29 is 9.21 Å². The van der Waals surface area contributed by atoms with E-state index in [1.54, 1.807) is 6.08 Å². The first-order valence-electron chi connectivity index (χ1n) is 7.74. The van der Waals surface area contributed by atoms with Gasteiger partial charge in [-0.05, 0) is 31.6 Å². The number of unbranched alkanes of at least 4 members (excludes halogenated alkanes) is 6. The molecule has 0 aliphatic carbocycles. The SMILES string of the molecule is CCCCCCCCCNC(=O)C=Cc1ccc(C)o1. The van der Waals surface area contributed by atoms with Crippen molar-refractivity contribution >= 4 is 12.0 Å². The molecule has 3 heteroatoms. The molecule has 3 nitrogen and oxygen atoms in total. The monoisotopic (exact) mass is 277 g/mol. The Morgan fingerprint density at radius 3 is 2.50 bits per heavy atom. The molecule has 0 saturated heterocycles. The van der Waals surface area contributed by atoms with E-state index < -0.39 is 0 Å². The summed E-state index contributed by atoms with van der Waals surface area (Å²) in [7, 11) is 0. The van der Waals surface area contributed by atoms with Gasteiger partial charge in [-0.2, -0.15) is 0 Å². The van der Waals surface area contributed by atoms with Crippen molar-refractivity contribution in [3.05, 3.63) is 29.7 Å². The summed E-state index contributed by atoms with van der Waals surface area (Å²) < 4.78 is 5.36. The number of hydrogen-bond donors (Lipinski definition) is 1. The van der Waals surface area contributed by atoms with Gasteiger partial charge in [0.05, 0.1) is 0 Å². The van der Waals surface area contributed by atoms with E-state index in [1.165, 1.54) is 44.6 Å². The highest BCUT2D eigenvalue weighted by Gasteiger charge is 1.97. The molecule has 0 bridgehead atoms. The van der Waals surface area contributed by atoms with Crippen molar-refractivity contribution in [1.29, 1.82) is 0 Å². The van der Waals surface area contributed by atoms with Gasteiger partial charge in [0.15, 0.2) is 0 Å². The Morgan fingerprint density at radius 2 is 1.85 bits per heavy atom. The minimum Gasteiger partial charge on any atom is -0.462 e. The molecule has 1 aromatic rings. The molecule has 1 aromatic heterocycles. The Labute approximate surface area is 122 Å². The molecule has 0 saturated carbocycles. The first-order valence-corrected chi connectivity index (χ1v) is 7.74. The number of nitrogens with one attached hydrogen (secondary N) is 1. The maximum Gasteiger partial charge on any atom is 0.244 e. The van der Waals surface area contributed by atoms with E-state index in [2.05, 4.69) is 12.2 Å². The topological polar surface area (TPSA) is 42.2 Å². The maximum atomic E-state index is 11.6. The van der Waals surface area contributed by atoms with Crippen LogP contribution in [0.4, 0.5) is 0 Å². The van der Waals surface area contributed by atoms with Crippen LogP contribution in [0.15, 0.2) is 22.6 Å². The first kappa shape index (κ1) is 16.5. The van der Waals surface area contributed by atoms with E-state index in [0.717, 1.165) is 18.7 Å². The van der Waals surface area contributed by atoms with Crippen LogP contribution >= 0.6 is 0 Å². The fourth-order valence-electron chi connectivity index (χ4n) is 2.05. The van der Waals surface area contributed by atoms with Crippen LogP contribution in [0.3, 0.4) is 0 Å². The van der Waals surface area contributed by atoms with Crippen LogP contribution in [0.1, 0.15) is 63.4 Å². The second-order valence-electron chi connectivity index (χ2n) is 5.19. The van der Waals surface area contributed by atoms with Gasteiger partial charge in [0.1, 0.15) is 11.5 Å². The summed E-state index contributed by atoms with van der Waals surface area (Å²) in [6.07, 6.45) is 12.1. The third-order valence-electron chi connectivity index (χ3n) is 3.24. The van der Waals surface area contributed by atoms with E-state index >= 15 is 0 Å². The molecule has 1 amide bonds. The zero-order valence-electron chi connectivity index (χ0n) is 12.8. The summed E-state index contributed by atoms with van der Waals surface area (Å²) in [6.45, 7) is 4.87. The second kappa shape index (κ2) is 10.3. The van der Waals surface area contributed by atoms with Crippen molar-refractivity contribution in [2.45, 2.75) is 58.8 Å². The quantitative estimate of drug-likeness (QED) is 0.506. The van der Waals surface area contributed by atoms with Crippen LogP contribution in [0.25, 0.3) is 6.08 Å². The number of amides is 1. The third-order valence-corrected chi connectivity index (χ3v) is 3.24. The standard InChI is InChI=1S/C17H27NO2/c1-3-4-5-6-7-8-9-14-18-17(19)13-12-16-11-10-15(2)20-16/h10-13H,3-9,14H2,1-2H3,(H,18,19). The lowest BCUT2D eigenvalue weighted by Crippen LogP contribution is -2.21. The van der Waals surface area contributed by atoms with Crippen LogP contribution in [-0.2, 0) is 4.79 Å². The zero-order chi connectivity index (χ0) is 14.6. The molecule has 0 unspecified atom stereocenters. The number of carbonyl (C=O) groups is 1. The molecular weight excluding hydrogens is 250 g/mol. The fourth-order valence-corrected chi connectivity index (χ4v) is 2.05. The number of aryl methyl sites for hydroxylation is 1. The van der Waals surface area contributed by atoms with E-state index in [-0.39, 0.29) is 5.91 Å². The van der Waals surface area contributed by atoms with Gasteiger partial charge in [-0.3, -0.25) is 4.79 Å². The maximum absolute atomic E-state index is 11.6. The van der Waals surface area contributed by atoms with Crippen LogP contribution in [0, 0.1) is 6.92 Å². The van der Waals surface area contributed by atoms with Crippen LogP contribution in [0.5, 0.6) is 0 Å². The molecule has 1 rings (SSSR count).